The van der Waals surface area contributed by atoms with Gasteiger partial charge in [0.15, 0.2) is 0 Å². The Labute approximate surface area is 91.9 Å². The van der Waals surface area contributed by atoms with Gasteiger partial charge in [0, 0.05) is 19.3 Å². The fraction of sp³-hybridized carbons (Fsp3) is 0.750. The monoisotopic (exact) mass is 207 g/mol. The molecule has 1 fully saturated rings. The highest BCUT2D eigenvalue weighted by Crippen LogP contribution is 2.23. The summed E-state index contributed by atoms with van der Waals surface area (Å²) < 4.78 is 2.20. The molecule has 0 aromatic carbocycles. The van der Waals surface area contributed by atoms with Crippen LogP contribution in [0.25, 0.3) is 0 Å². The maximum atomic E-state index is 4.17. The Hall–Kier alpha value is -0.830. The maximum Gasteiger partial charge on any atom is 0.0948 e. The summed E-state index contributed by atoms with van der Waals surface area (Å²) in [5.41, 5.74) is 1.30. The van der Waals surface area contributed by atoms with Gasteiger partial charge in [0.1, 0.15) is 0 Å². The minimum absolute atomic E-state index is 0.919. The van der Waals surface area contributed by atoms with E-state index >= 15 is 0 Å². The van der Waals surface area contributed by atoms with Crippen molar-refractivity contribution in [2.75, 3.05) is 6.54 Å². The second-order valence-corrected chi connectivity index (χ2v) is 4.45. The molecule has 0 saturated heterocycles. The van der Waals surface area contributed by atoms with Crippen LogP contribution >= 0.6 is 0 Å². The van der Waals surface area contributed by atoms with Crippen LogP contribution in [0.2, 0.25) is 0 Å². The second-order valence-electron chi connectivity index (χ2n) is 4.45. The number of rotatable bonds is 5. The summed E-state index contributed by atoms with van der Waals surface area (Å²) >= 11 is 0. The van der Waals surface area contributed by atoms with E-state index in [0.717, 1.165) is 19.0 Å². The van der Waals surface area contributed by atoms with Crippen LogP contribution in [0, 0.1) is 5.92 Å². The normalized spacial score (nSPS) is 17.4. The predicted molar refractivity (Wildman–Crippen MR) is 61.6 cm³/mol. The van der Waals surface area contributed by atoms with Crippen molar-refractivity contribution in [3.63, 3.8) is 0 Å². The third-order valence-corrected chi connectivity index (χ3v) is 3.35. The van der Waals surface area contributed by atoms with E-state index in [2.05, 4.69) is 21.8 Å². The van der Waals surface area contributed by atoms with Crippen LogP contribution in [0.5, 0.6) is 0 Å². The van der Waals surface area contributed by atoms with E-state index in [0.29, 0.717) is 0 Å². The lowest BCUT2D eigenvalue weighted by atomic mass is 10.1. The molecule has 1 aromatic rings. The van der Waals surface area contributed by atoms with Gasteiger partial charge in [0.05, 0.1) is 12.0 Å². The summed E-state index contributed by atoms with van der Waals surface area (Å²) in [5.74, 6) is 0.919. The van der Waals surface area contributed by atoms with Crippen molar-refractivity contribution in [3.05, 3.63) is 18.2 Å². The quantitative estimate of drug-likeness (QED) is 0.802. The van der Waals surface area contributed by atoms with Crippen LogP contribution < -0.4 is 5.32 Å². The second kappa shape index (κ2) is 5.31. The SMILES string of the molecule is CCn1cncc1CNCC1CCCC1. The van der Waals surface area contributed by atoms with Crippen molar-refractivity contribution in [1.82, 2.24) is 14.9 Å². The minimum atomic E-state index is 0.919. The lowest BCUT2D eigenvalue weighted by Gasteiger charge is -2.11. The Balaban J connectivity index is 1.73. The van der Waals surface area contributed by atoms with Gasteiger partial charge in [-0.1, -0.05) is 12.8 Å². The standard InChI is InChI=1S/C12H21N3/c1-2-15-10-14-9-12(15)8-13-7-11-5-3-4-6-11/h9-11,13H,2-8H2,1H3. The van der Waals surface area contributed by atoms with Gasteiger partial charge in [-0.25, -0.2) is 4.98 Å². The molecule has 3 heteroatoms. The minimum Gasteiger partial charge on any atom is -0.334 e. The molecule has 1 saturated carbocycles. The Morgan fingerprint density at radius 3 is 3.00 bits per heavy atom. The Morgan fingerprint density at radius 2 is 2.27 bits per heavy atom. The van der Waals surface area contributed by atoms with Crippen LogP contribution in [0.15, 0.2) is 12.5 Å². The van der Waals surface area contributed by atoms with E-state index in [1.54, 1.807) is 0 Å². The van der Waals surface area contributed by atoms with Gasteiger partial charge in [0.25, 0.3) is 0 Å². The lowest BCUT2D eigenvalue weighted by molar-refractivity contribution is 0.482. The summed E-state index contributed by atoms with van der Waals surface area (Å²) in [6.45, 7) is 5.31. The third-order valence-electron chi connectivity index (χ3n) is 3.35. The zero-order valence-electron chi connectivity index (χ0n) is 9.58. The first-order valence-electron chi connectivity index (χ1n) is 6.10. The van der Waals surface area contributed by atoms with Gasteiger partial charge in [-0.3, -0.25) is 0 Å². The fourth-order valence-electron chi connectivity index (χ4n) is 2.40. The Kier molecular flexibility index (Phi) is 3.78. The van der Waals surface area contributed by atoms with Crippen LogP contribution in [-0.2, 0) is 13.1 Å². The number of nitrogens with zero attached hydrogens (tertiary/aromatic N) is 2. The average molecular weight is 207 g/mol. The molecule has 84 valence electrons. The highest BCUT2D eigenvalue weighted by Gasteiger charge is 2.14. The van der Waals surface area contributed by atoms with Crippen molar-refractivity contribution in [2.24, 2.45) is 5.92 Å². The van der Waals surface area contributed by atoms with Gasteiger partial charge in [0.2, 0.25) is 0 Å². The van der Waals surface area contributed by atoms with E-state index < -0.39 is 0 Å². The number of aryl methyl sites for hydroxylation is 1. The largest absolute Gasteiger partial charge is 0.334 e. The third kappa shape index (κ3) is 2.81. The van der Waals surface area contributed by atoms with E-state index in [9.17, 15) is 0 Å². The van der Waals surface area contributed by atoms with E-state index in [1.807, 2.05) is 12.5 Å². The number of aromatic nitrogens is 2. The Bertz CT molecular complexity index is 287. The first-order valence-corrected chi connectivity index (χ1v) is 6.10. The van der Waals surface area contributed by atoms with Gasteiger partial charge in [-0.2, -0.15) is 0 Å². The van der Waals surface area contributed by atoms with Crippen LogP contribution in [0.3, 0.4) is 0 Å². The van der Waals surface area contributed by atoms with Crippen molar-refractivity contribution in [2.45, 2.75) is 45.7 Å². The van der Waals surface area contributed by atoms with Crippen molar-refractivity contribution >= 4 is 0 Å². The summed E-state index contributed by atoms with van der Waals surface area (Å²) in [6.07, 6.45) is 9.57. The summed E-state index contributed by atoms with van der Waals surface area (Å²) in [6, 6.07) is 0. The molecule has 0 spiro atoms. The molecule has 0 aliphatic heterocycles. The van der Waals surface area contributed by atoms with Crippen molar-refractivity contribution in [3.8, 4) is 0 Å². The molecule has 0 unspecified atom stereocenters. The first kappa shape index (κ1) is 10.7. The van der Waals surface area contributed by atoms with Crippen LogP contribution in [0.4, 0.5) is 0 Å². The molecule has 0 bridgehead atoms. The molecule has 1 aromatic heterocycles. The molecule has 2 rings (SSSR count). The van der Waals surface area contributed by atoms with Crippen molar-refractivity contribution < 1.29 is 0 Å². The zero-order valence-corrected chi connectivity index (χ0v) is 9.58. The van der Waals surface area contributed by atoms with Crippen LogP contribution in [0.1, 0.15) is 38.3 Å². The Morgan fingerprint density at radius 1 is 1.47 bits per heavy atom. The maximum absolute atomic E-state index is 4.17. The molecule has 0 atom stereocenters. The summed E-state index contributed by atoms with van der Waals surface area (Å²) in [5, 5.41) is 3.54. The highest BCUT2D eigenvalue weighted by atomic mass is 15.1. The molecule has 15 heavy (non-hydrogen) atoms. The summed E-state index contributed by atoms with van der Waals surface area (Å²) in [4.78, 5) is 4.17. The highest BCUT2D eigenvalue weighted by molar-refractivity contribution is 4.97. The van der Waals surface area contributed by atoms with Gasteiger partial charge >= 0.3 is 0 Å². The molecule has 3 nitrogen and oxygen atoms in total. The van der Waals surface area contributed by atoms with Gasteiger partial charge in [-0.15, -0.1) is 0 Å². The average Bonchev–Trinajstić information content (AvgIpc) is 2.88. The molecule has 1 aliphatic carbocycles. The van der Waals surface area contributed by atoms with E-state index in [4.69, 9.17) is 0 Å². The zero-order chi connectivity index (χ0) is 10.5. The molecular formula is C12H21N3. The molecule has 0 amide bonds. The molecular weight excluding hydrogens is 186 g/mol. The summed E-state index contributed by atoms with van der Waals surface area (Å²) in [7, 11) is 0. The van der Waals surface area contributed by atoms with E-state index in [1.165, 1.54) is 37.9 Å². The lowest BCUT2D eigenvalue weighted by Crippen LogP contribution is -2.22. The molecule has 1 heterocycles. The fourth-order valence-corrected chi connectivity index (χ4v) is 2.40. The van der Waals surface area contributed by atoms with Gasteiger partial charge < -0.3 is 9.88 Å². The predicted octanol–water partition coefficient (Wildman–Crippen LogP) is 2.18. The topological polar surface area (TPSA) is 29.9 Å². The van der Waals surface area contributed by atoms with Gasteiger partial charge in [-0.05, 0) is 32.2 Å². The first-order chi connectivity index (χ1) is 7.40. The van der Waals surface area contributed by atoms with Crippen LogP contribution in [-0.4, -0.2) is 16.1 Å². The number of hydrogen-bond acceptors (Lipinski definition) is 2. The number of hydrogen-bond donors (Lipinski definition) is 1. The molecule has 1 aliphatic rings. The molecule has 1 N–H and O–H groups in total. The molecule has 0 radical (unpaired) electrons. The number of nitrogens with one attached hydrogen (secondary N) is 1. The van der Waals surface area contributed by atoms with Crippen molar-refractivity contribution in [1.29, 1.82) is 0 Å². The number of imidazole rings is 1. The van der Waals surface area contributed by atoms with E-state index in [-0.39, 0.29) is 0 Å². The smallest absolute Gasteiger partial charge is 0.0948 e.